The van der Waals surface area contributed by atoms with E-state index in [-0.39, 0.29) is 0 Å². The topological polar surface area (TPSA) is 39.9 Å². The average molecular weight is 307 g/mol. The van der Waals surface area contributed by atoms with Crippen molar-refractivity contribution >= 4 is 17.3 Å². The number of halogens is 1. The largest absolute Gasteiger partial charge is 0.467 e. The maximum absolute atomic E-state index is 10.1. The highest BCUT2D eigenvalue weighted by atomic mass is 35.5. The highest BCUT2D eigenvalue weighted by Crippen LogP contribution is 2.22. The van der Waals surface area contributed by atoms with Gasteiger partial charge >= 0.3 is 0 Å². The van der Waals surface area contributed by atoms with Crippen LogP contribution in [-0.2, 0) is 0 Å². The molecule has 0 saturated carbocycles. The Morgan fingerprint density at radius 1 is 1.14 bits per heavy atom. The quantitative estimate of drug-likeness (QED) is 0.943. The Hall–Kier alpha value is -1.49. The van der Waals surface area contributed by atoms with Crippen LogP contribution in [0.5, 0.6) is 0 Å². The Balaban J connectivity index is 1.53. The zero-order valence-corrected chi connectivity index (χ0v) is 12.5. The van der Waals surface area contributed by atoms with Crippen LogP contribution < -0.4 is 4.90 Å². The Morgan fingerprint density at radius 2 is 1.95 bits per heavy atom. The number of anilines is 1. The summed E-state index contributed by atoms with van der Waals surface area (Å²) >= 11 is 6.04. The first-order chi connectivity index (χ1) is 10.2. The predicted molar refractivity (Wildman–Crippen MR) is 83.8 cm³/mol. The number of furan rings is 1. The number of hydrogen-bond donors (Lipinski definition) is 1. The van der Waals surface area contributed by atoms with Crippen molar-refractivity contribution in [3.8, 4) is 0 Å². The van der Waals surface area contributed by atoms with Crippen LogP contribution in [0.4, 0.5) is 5.69 Å². The summed E-state index contributed by atoms with van der Waals surface area (Å²) in [5.41, 5.74) is 1.16. The van der Waals surface area contributed by atoms with E-state index < -0.39 is 6.10 Å². The number of β-amino-alcohol motifs (C(OH)–C–C–N with tert-alkyl or cyclic N) is 1. The lowest BCUT2D eigenvalue weighted by Crippen LogP contribution is -2.47. The van der Waals surface area contributed by atoms with Gasteiger partial charge in [-0.15, -0.1) is 0 Å². The summed E-state index contributed by atoms with van der Waals surface area (Å²) in [7, 11) is 0. The van der Waals surface area contributed by atoms with Crippen molar-refractivity contribution in [2.45, 2.75) is 6.10 Å². The van der Waals surface area contributed by atoms with E-state index in [0.717, 1.165) is 36.9 Å². The molecule has 21 heavy (non-hydrogen) atoms. The summed E-state index contributed by atoms with van der Waals surface area (Å²) in [6.07, 6.45) is 1.04. The molecule has 2 heterocycles. The first kappa shape index (κ1) is 14.4. The Morgan fingerprint density at radius 3 is 2.62 bits per heavy atom. The fourth-order valence-electron chi connectivity index (χ4n) is 2.68. The molecule has 112 valence electrons. The van der Waals surface area contributed by atoms with E-state index in [4.69, 9.17) is 16.0 Å². The molecule has 1 aliphatic heterocycles. The molecular weight excluding hydrogens is 288 g/mol. The van der Waals surface area contributed by atoms with Gasteiger partial charge in [-0.1, -0.05) is 17.7 Å². The van der Waals surface area contributed by atoms with E-state index >= 15 is 0 Å². The SMILES string of the molecule is OC(CN1CCN(c2cccc(Cl)c2)CC1)c1ccco1. The zero-order chi connectivity index (χ0) is 14.7. The molecule has 1 fully saturated rings. The number of benzene rings is 1. The number of aliphatic hydroxyl groups excluding tert-OH is 1. The molecule has 0 bridgehead atoms. The summed E-state index contributed by atoms with van der Waals surface area (Å²) in [5, 5.41) is 10.9. The van der Waals surface area contributed by atoms with Crippen molar-refractivity contribution in [2.24, 2.45) is 0 Å². The first-order valence-electron chi connectivity index (χ1n) is 7.17. The van der Waals surface area contributed by atoms with Gasteiger partial charge in [-0.05, 0) is 30.3 Å². The molecule has 1 saturated heterocycles. The highest BCUT2D eigenvalue weighted by molar-refractivity contribution is 6.30. The standard InChI is InChI=1S/C16H19ClN2O2/c17-13-3-1-4-14(11-13)19-8-6-18(7-9-19)12-15(20)16-5-2-10-21-16/h1-5,10-11,15,20H,6-9,12H2. The maximum Gasteiger partial charge on any atom is 0.133 e. The number of aliphatic hydroxyl groups is 1. The lowest BCUT2D eigenvalue weighted by Gasteiger charge is -2.36. The summed E-state index contributed by atoms with van der Waals surface area (Å²) in [4.78, 5) is 4.58. The molecule has 1 aromatic heterocycles. The van der Waals surface area contributed by atoms with E-state index in [0.29, 0.717) is 12.3 Å². The van der Waals surface area contributed by atoms with Crippen LogP contribution in [0.15, 0.2) is 47.1 Å². The molecule has 3 rings (SSSR count). The van der Waals surface area contributed by atoms with Gasteiger partial charge in [-0.25, -0.2) is 0 Å². The normalized spacial score (nSPS) is 17.9. The van der Waals surface area contributed by atoms with E-state index in [1.54, 1.807) is 12.3 Å². The number of nitrogens with zero attached hydrogens (tertiary/aromatic N) is 2. The lowest BCUT2D eigenvalue weighted by atomic mass is 10.2. The Labute approximate surface area is 129 Å². The van der Waals surface area contributed by atoms with Gasteiger partial charge in [-0.3, -0.25) is 4.90 Å². The third kappa shape index (κ3) is 3.59. The van der Waals surface area contributed by atoms with E-state index in [1.165, 1.54) is 0 Å². The molecule has 5 heteroatoms. The van der Waals surface area contributed by atoms with Crippen molar-refractivity contribution in [3.05, 3.63) is 53.4 Å². The van der Waals surface area contributed by atoms with Gasteiger partial charge in [0.1, 0.15) is 11.9 Å². The highest BCUT2D eigenvalue weighted by Gasteiger charge is 2.21. The third-order valence-electron chi connectivity index (χ3n) is 3.85. The van der Waals surface area contributed by atoms with Crippen LogP contribution >= 0.6 is 11.6 Å². The molecule has 0 radical (unpaired) electrons. The lowest BCUT2D eigenvalue weighted by molar-refractivity contribution is 0.0916. The minimum Gasteiger partial charge on any atom is -0.467 e. The van der Waals surface area contributed by atoms with Gasteiger partial charge in [-0.2, -0.15) is 0 Å². The van der Waals surface area contributed by atoms with Gasteiger partial charge in [0.2, 0.25) is 0 Å². The Bertz CT molecular complexity index is 565. The van der Waals surface area contributed by atoms with E-state index in [1.807, 2.05) is 24.3 Å². The fourth-order valence-corrected chi connectivity index (χ4v) is 2.86. The van der Waals surface area contributed by atoms with Crippen LogP contribution in [0.2, 0.25) is 5.02 Å². The second-order valence-corrected chi connectivity index (χ2v) is 5.74. The molecule has 0 amide bonds. The molecule has 4 nitrogen and oxygen atoms in total. The van der Waals surface area contributed by atoms with Gasteiger partial charge in [0.05, 0.1) is 6.26 Å². The van der Waals surface area contributed by atoms with E-state index in [2.05, 4.69) is 15.9 Å². The summed E-state index contributed by atoms with van der Waals surface area (Å²) in [6, 6.07) is 11.6. The second kappa shape index (κ2) is 6.52. The van der Waals surface area contributed by atoms with Crippen molar-refractivity contribution in [2.75, 3.05) is 37.6 Å². The third-order valence-corrected chi connectivity index (χ3v) is 4.08. The van der Waals surface area contributed by atoms with Gasteiger partial charge in [0, 0.05) is 43.4 Å². The monoisotopic (exact) mass is 306 g/mol. The van der Waals surface area contributed by atoms with Crippen LogP contribution in [-0.4, -0.2) is 42.7 Å². The van der Waals surface area contributed by atoms with Crippen molar-refractivity contribution in [3.63, 3.8) is 0 Å². The summed E-state index contributed by atoms with van der Waals surface area (Å²) in [6.45, 7) is 4.32. The molecule has 1 aromatic carbocycles. The summed E-state index contributed by atoms with van der Waals surface area (Å²) < 4.78 is 5.24. The number of rotatable bonds is 4. The average Bonchev–Trinajstić information content (AvgIpc) is 3.02. The predicted octanol–water partition coefficient (Wildman–Crippen LogP) is 2.79. The number of hydrogen-bond acceptors (Lipinski definition) is 4. The van der Waals surface area contributed by atoms with Crippen LogP contribution in [0, 0.1) is 0 Å². The molecule has 1 aliphatic rings. The van der Waals surface area contributed by atoms with Crippen LogP contribution in [0.3, 0.4) is 0 Å². The van der Waals surface area contributed by atoms with Crippen molar-refractivity contribution < 1.29 is 9.52 Å². The molecule has 1 atom stereocenters. The smallest absolute Gasteiger partial charge is 0.133 e. The van der Waals surface area contributed by atoms with Gasteiger partial charge in [0.15, 0.2) is 0 Å². The first-order valence-corrected chi connectivity index (χ1v) is 7.54. The zero-order valence-electron chi connectivity index (χ0n) is 11.8. The number of piperazine rings is 1. The molecule has 0 aliphatic carbocycles. The van der Waals surface area contributed by atoms with Crippen LogP contribution in [0.25, 0.3) is 0 Å². The molecule has 2 aromatic rings. The molecule has 1 N–H and O–H groups in total. The van der Waals surface area contributed by atoms with Crippen LogP contribution in [0.1, 0.15) is 11.9 Å². The maximum atomic E-state index is 10.1. The van der Waals surface area contributed by atoms with Gasteiger partial charge < -0.3 is 14.4 Å². The second-order valence-electron chi connectivity index (χ2n) is 5.30. The summed E-state index contributed by atoms with van der Waals surface area (Å²) in [5.74, 6) is 0.632. The molecule has 1 unspecified atom stereocenters. The van der Waals surface area contributed by atoms with Crippen molar-refractivity contribution in [1.82, 2.24) is 4.90 Å². The minimum absolute atomic E-state index is 0.558. The Kier molecular flexibility index (Phi) is 4.48. The van der Waals surface area contributed by atoms with Gasteiger partial charge in [0.25, 0.3) is 0 Å². The fraction of sp³-hybridized carbons (Fsp3) is 0.375. The van der Waals surface area contributed by atoms with E-state index in [9.17, 15) is 5.11 Å². The minimum atomic E-state index is -0.558. The van der Waals surface area contributed by atoms with Crippen molar-refractivity contribution in [1.29, 1.82) is 0 Å². The molecular formula is C16H19ClN2O2. The molecule has 0 spiro atoms.